The van der Waals surface area contributed by atoms with Gasteiger partial charge in [-0.2, -0.15) is 0 Å². The monoisotopic (exact) mass is 332 g/mol. The summed E-state index contributed by atoms with van der Waals surface area (Å²) in [7, 11) is 0. The van der Waals surface area contributed by atoms with Crippen molar-refractivity contribution >= 4 is 17.5 Å². The van der Waals surface area contributed by atoms with Crippen molar-refractivity contribution in [3.63, 3.8) is 0 Å². The summed E-state index contributed by atoms with van der Waals surface area (Å²) in [6.07, 6.45) is -0.104. The molecule has 128 valence electrons. The van der Waals surface area contributed by atoms with E-state index in [0.29, 0.717) is 0 Å². The summed E-state index contributed by atoms with van der Waals surface area (Å²) in [5.41, 5.74) is -2.16. The smallest absolute Gasteiger partial charge is 0.313 e. The van der Waals surface area contributed by atoms with Crippen molar-refractivity contribution in [2.24, 2.45) is 28.6 Å². The summed E-state index contributed by atoms with van der Waals surface area (Å²) in [4.78, 5) is 38.6. The Morgan fingerprint density at radius 3 is 2.67 bits per heavy atom. The van der Waals surface area contributed by atoms with Crippen molar-refractivity contribution in [1.29, 1.82) is 0 Å². The molecule has 6 nitrogen and oxygen atoms in total. The number of allylic oxidation sites excluding steroid dienone is 2. The molecule has 0 radical (unpaired) electrons. The van der Waals surface area contributed by atoms with E-state index in [1.54, 1.807) is 13.0 Å². The molecule has 3 aliphatic carbocycles. The molecule has 5 rings (SSSR count). The molecule has 2 aliphatic heterocycles. The second-order valence-corrected chi connectivity index (χ2v) is 8.49. The minimum absolute atomic E-state index is 0.0664. The number of carbonyl (C=O) groups is 3. The Morgan fingerprint density at radius 1 is 1.25 bits per heavy atom. The zero-order valence-corrected chi connectivity index (χ0v) is 13.9. The van der Waals surface area contributed by atoms with E-state index >= 15 is 0 Å². The number of Topliss-reactive ketones (excluding diaryl/α,β-unsaturated/α-hetero) is 1. The summed E-state index contributed by atoms with van der Waals surface area (Å²) < 4.78 is 11.4. The maximum atomic E-state index is 13.2. The number of fused-ring (bicyclic) bond motifs is 2. The van der Waals surface area contributed by atoms with Gasteiger partial charge >= 0.3 is 5.97 Å². The van der Waals surface area contributed by atoms with Crippen LogP contribution >= 0.6 is 0 Å². The molecule has 0 aromatic heterocycles. The molecule has 6 heteroatoms. The predicted molar refractivity (Wildman–Crippen MR) is 79.6 cm³/mol. The van der Waals surface area contributed by atoms with Crippen LogP contribution in [-0.4, -0.2) is 47.1 Å². The number of ketones is 2. The molecule has 24 heavy (non-hydrogen) atoms. The van der Waals surface area contributed by atoms with E-state index in [4.69, 9.17) is 9.47 Å². The first-order chi connectivity index (χ1) is 11.2. The van der Waals surface area contributed by atoms with Crippen molar-refractivity contribution in [2.45, 2.75) is 45.0 Å². The fourth-order valence-corrected chi connectivity index (χ4v) is 6.64. The maximum Gasteiger partial charge on any atom is 0.313 e. The highest BCUT2D eigenvalue weighted by Crippen LogP contribution is 2.70. The molecule has 0 aromatic rings. The third kappa shape index (κ3) is 1.17. The zero-order chi connectivity index (χ0) is 17.2. The Balaban J connectivity index is 1.78. The average Bonchev–Trinajstić information content (AvgIpc) is 2.97. The van der Waals surface area contributed by atoms with Crippen LogP contribution in [0.15, 0.2) is 11.6 Å². The van der Waals surface area contributed by atoms with E-state index in [1.807, 2.05) is 13.8 Å². The molecule has 8 unspecified atom stereocenters. The predicted octanol–water partition coefficient (Wildman–Crippen LogP) is 0.418. The van der Waals surface area contributed by atoms with Crippen LogP contribution in [0.4, 0.5) is 0 Å². The molecule has 2 heterocycles. The van der Waals surface area contributed by atoms with Gasteiger partial charge in [0.25, 0.3) is 0 Å². The molecule has 1 spiro atoms. The molecule has 8 atom stereocenters. The van der Waals surface area contributed by atoms with Crippen molar-refractivity contribution < 1.29 is 29.0 Å². The minimum atomic E-state index is -1.16. The number of aliphatic hydroxyl groups is 1. The summed E-state index contributed by atoms with van der Waals surface area (Å²) in [5.74, 6) is -2.24. The topological polar surface area (TPSA) is 89.9 Å². The highest BCUT2D eigenvalue weighted by atomic mass is 16.6. The number of hydrogen-bond acceptors (Lipinski definition) is 6. The van der Waals surface area contributed by atoms with Gasteiger partial charge in [-0.3, -0.25) is 14.4 Å². The van der Waals surface area contributed by atoms with Crippen molar-refractivity contribution in [2.75, 3.05) is 6.61 Å². The Bertz CT molecular complexity index is 755. The van der Waals surface area contributed by atoms with Gasteiger partial charge in [0, 0.05) is 17.8 Å². The Labute approximate surface area is 139 Å². The summed E-state index contributed by atoms with van der Waals surface area (Å²) in [5, 5.41) is 11.1. The third-order valence-electron chi connectivity index (χ3n) is 7.68. The fourth-order valence-electron chi connectivity index (χ4n) is 6.64. The first-order valence-electron chi connectivity index (χ1n) is 8.47. The van der Waals surface area contributed by atoms with E-state index in [0.717, 1.165) is 5.57 Å². The first kappa shape index (κ1) is 14.8. The van der Waals surface area contributed by atoms with E-state index in [1.165, 1.54) is 0 Å². The quantitative estimate of drug-likeness (QED) is 0.647. The summed E-state index contributed by atoms with van der Waals surface area (Å²) in [6.45, 7) is 5.51. The lowest BCUT2D eigenvalue weighted by Gasteiger charge is -2.56. The second kappa shape index (κ2) is 3.83. The third-order valence-corrected chi connectivity index (χ3v) is 7.68. The van der Waals surface area contributed by atoms with Crippen molar-refractivity contribution in [3.05, 3.63) is 11.6 Å². The normalized spacial score (nSPS) is 57.6. The molecule has 1 N–H and O–H groups in total. The van der Waals surface area contributed by atoms with E-state index in [-0.39, 0.29) is 30.5 Å². The SMILES string of the molecule is CC1=CC(=O)C2(C)C1CC(=O)C13COC4(C)C(OC(=O)C41)C(O)C23. The Morgan fingerprint density at radius 2 is 1.96 bits per heavy atom. The highest BCUT2D eigenvalue weighted by Gasteiger charge is 2.83. The fraction of sp³-hybridized carbons (Fsp3) is 0.722. The molecule has 4 fully saturated rings. The maximum absolute atomic E-state index is 13.2. The van der Waals surface area contributed by atoms with Crippen molar-refractivity contribution in [1.82, 2.24) is 0 Å². The van der Waals surface area contributed by atoms with Gasteiger partial charge in [-0.05, 0) is 25.8 Å². The van der Waals surface area contributed by atoms with E-state index < -0.39 is 46.4 Å². The number of hydrogen-bond donors (Lipinski definition) is 1. The Hall–Kier alpha value is -1.53. The van der Waals surface area contributed by atoms with Crippen LogP contribution in [0.5, 0.6) is 0 Å². The van der Waals surface area contributed by atoms with Crippen LogP contribution in [0.2, 0.25) is 0 Å². The Kier molecular flexibility index (Phi) is 2.36. The highest BCUT2D eigenvalue weighted by molar-refractivity contribution is 6.04. The summed E-state index contributed by atoms with van der Waals surface area (Å²) in [6, 6.07) is 0. The van der Waals surface area contributed by atoms with Crippen LogP contribution in [-0.2, 0) is 23.9 Å². The number of rotatable bonds is 0. The molecule has 0 amide bonds. The number of esters is 1. The number of carbonyl (C=O) groups excluding carboxylic acids is 3. The standard InChI is InChI=1S/C18H20O6/c1-7-4-9(19)16(2)8(7)5-10(20)18-6-23-17(3)13(18)15(22)24-14(17)11(21)12(16)18/h4,8,11-14,21H,5-6H2,1-3H3. The van der Waals surface area contributed by atoms with Crippen LogP contribution in [0.1, 0.15) is 27.2 Å². The van der Waals surface area contributed by atoms with E-state index in [2.05, 4.69) is 0 Å². The van der Waals surface area contributed by atoms with E-state index in [9.17, 15) is 19.5 Å². The van der Waals surface area contributed by atoms with Gasteiger partial charge in [-0.15, -0.1) is 0 Å². The van der Waals surface area contributed by atoms with Gasteiger partial charge in [0.1, 0.15) is 17.3 Å². The lowest BCUT2D eigenvalue weighted by atomic mass is 9.42. The van der Waals surface area contributed by atoms with Gasteiger partial charge in [-0.25, -0.2) is 0 Å². The molecule has 2 saturated carbocycles. The second-order valence-electron chi connectivity index (χ2n) is 8.49. The molecular weight excluding hydrogens is 312 g/mol. The van der Waals surface area contributed by atoms with Gasteiger partial charge in [0.2, 0.25) is 0 Å². The molecular formula is C18H20O6. The lowest BCUT2D eigenvalue weighted by molar-refractivity contribution is -0.183. The first-order valence-corrected chi connectivity index (χ1v) is 8.47. The van der Waals surface area contributed by atoms with Crippen LogP contribution in [0.25, 0.3) is 0 Å². The number of aliphatic hydroxyl groups excluding tert-OH is 1. The van der Waals surface area contributed by atoms with Gasteiger partial charge in [-0.1, -0.05) is 12.5 Å². The van der Waals surface area contributed by atoms with Gasteiger partial charge < -0.3 is 14.6 Å². The number of ether oxygens (including phenoxy) is 2. The summed E-state index contributed by atoms with van der Waals surface area (Å²) >= 11 is 0. The minimum Gasteiger partial charge on any atom is -0.456 e. The van der Waals surface area contributed by atoms with Gasteiger partial charge in [0.15, 0.2) is 11.9 Å². The van der Waals surface area contributed by atoms with Crippen LogP contribution in [0.3, 0.4) is 0 Å². The van der Waals surface area contributed by atoms with Crippen LogP contribution in [0, 0.1) is 28.6 Å². The molecule has 5 aliphatic rings. The molecule has 0 aromatic carbocycles. The largest absolute Gasteiger partial charge is 0.456 e. The molecule has 4 bridgehead atoms. The molecule has 2 saturated heterocycles. The average molecular weight is 332 g/mol. The zero-order valence-electron chi connectivity index (χ0n) is 13.9. The van der Waals surface area contributed by atoms with Crippen molar-refractivity contribution in [3.8, 4) is 0 Å². The van der Waals surface area contributed by atoms with Crippen LogP contribution < -0.4 is 0 Å². The lowest BCUT2D eigenvalue weighted by Crippen LogP contribution is -2.69. The van der Waals surface area contributed by atoms with Gasteiger partial charge in [0.05, 0.1) is 18.1 Å².